The molecule has 0 aliphatic rings. The van der Waals surface area contributed by atoms with Crippen molar-refractivity contribution in [1.29, 1.82) is 0 Å². The van der Waals surface area contributed by atoms with E-state index in [4.69, 9.17) is 16.7 Å². The lowest BCUT2D eigenvalue weighted by Gasteiger charge is -2.06. The molecule has 0 saturated carbocycles. The van der Waals surface area contributed by atoms with Gasteiger partial charge in [-0.2, -0.15) is 10.2 Å². The number of hydrogen-bond donors (Lipinski definition) is 1. The second kappa shape index (κ2) is 5.05. The van der Waals surface area contributed by atoms with Crippen LogP contribution in [0.1, 0.15) is 34.4 Å². The van der Waals surface area contributed by atoms with Crippen molar-refractivity contribution in [3.05, 3.63) is 33.9 Å². The lowest BCUT2D eigenvalue weighted by molar-refractivity contribution is 0.0696. The molecule has 0 radical (unpaired) electrons. The van der Waals surface area contributed by atoms with Crippen LogP contribution in [-0.4, -0.2) is 30.6 Å². The number of aryl methyl sites for hydroxylation is 2. The van der Waals surface area contributed by atoms with Gasteiger partial charge in [-0.25, -0.2) is 4.79 Å². The van der Waals surface area contributed by atoms with Gasteiger partial charge in [-0.15, -0.1) is 0 Å². The van der Waals surface area contributed by atoms with Crippen molar-refractivity contribution < 1.29 is 9.90 Å². The smallest absolute Gasteiger partial charge is 0.339 e. The lowest BCUT2D eigenvalue weighted by atomic mass is 10.2. The molecule has 0 atom stereocenters. The Morgan fingerprint density at radius 1 is 1.53 bits per heavy atom. The van der Waals surface area contributed by atoms with Gasteiger partial charge in [0.15, 0.2) is 0 Å². The topological polar surface area (TPSA) is 72.9 Å². The van der Waals surface area contributed by atoms with Gasteiger partial charge in [0.25, 0.3) is 0 Å². The molecule has 0 aliphatic carbocycles. The Hall–Kier alpha value is -1.82. The van der Waals surface area contributed by atoms with E-state index in [1.165, 1.54) is 6.20 Å². The van der Waals surface area contributed by atoms with Crippen molar-refractivity contribution in [1.82, 2.24) is 19.6 Å². The van der Waals surface area contributed by atoms with Crippen LogP contribution in [0, 0.1) is 6.92 Å². The molecular formula is C12H15ClN4O2. The molecule has 0 unspecified atom stereocenters. The van der Waals surface area contributed by atoms with Crippen LogP contribution in [0.25, 0.3) is 0 Å². The highest BCUT2D eigenvalue weighted by Gasteiger charge is 2.17. The zero-order chi connectivity index (χ0) is 14.2. The summed E-state index contributed by atoms with van der Waals surface area (Å²) in [5.74, 6) is -0.978. The average molecular weight is 283 g/mol. The summed E-state index contributed by atoms with van der Waals surface area (Å²) in [4.78, 5) is 11.0. The highest BCUT2D eigenvalue weighted by Crippen LogP contribution is 2.22. The standard InChI is InChI=1S/C12H15ClN4O2/c1-4-9-11(13)10(16(3)15-9)6-17-7(2)8(5-14-17)12(18)19/h5H,4,6H2,1-3H3,(H,18,19). The molecule has 2 aromatic heterocycles. The second-order valence-corrected chi connectivity index (χ2v) is 4.67. The van der Waals surface area contributed by atoms with Gasteiger partial charge < -0.3 is 5.11 Å². The van der Waals surface area contributed by atoms with Crippen molar-refractivity contribution in [3.8, 4) is 0 Å². The Bertz CT molecular complexity index is 630. The SMILES string of the molecule is CCc1nn(C)c(Cn2ncc(C(=O)O)c2C)c1Cl. The number of carbonyl (C=O) groups is 1. The summed E-state index contributed by atoms with van der Waals surface area (Å²) in [6.45, 7) is 4.11. The van der Waals surface area contributed by atoms with Crippen LogP contribution in [-0.2, 0) is 20.0 Å². The normalized spacial score (nSPS) is 10.9. The number of hydrogen-bond acceptors (Lipinski definition) is 3. The quantitative estimate of drug-likeness (QED) is 0.929. The van der Waals surface area contributed by atoms with Crippen molar-refractivity contribution in [2.24, 2.45) is 7.05 Å². The van der Waals surface area contributed by atoms with E-state index in [0.717, 1.165) is 17.8 Å². The minimum absolute atomic E-state index is 0.203. The summed E-state index contributed by atoms with van der Waals surface area (Å²) in [7, 11) is 1.82. The van der Waals surface area contributed by atoms with Crippen LogP contribution in [0.3, 0.4) is 0 Å². The van der Waals surface area contributed by atoms with Gasteiger partial charge in [0.2, 0.25) is 0 Å². The van der Waals surface area contributed by atoms with Crippen LogP contribution >= 0.6 is 11.6 Å². The summed E-state index contributed by atoms with van der Waals surface area (Å²) in [6, 6.07) is 0. The Morgan fingerprint density at radius 2 is 2.21 bits per heavy atom. The Balaban J connectivity index is 2.37. The van der Waals surface area contributed by atoms with E-state index < -0.39 is 5.97 Å². The first kappa shape index (κ1) is 13.6. The molecule has 0 fully saturated rings. The number of nitrogens with zero attached hydrogens (tertiary/aromatic N) is 4. The number of aromatic carboxylic acids is 1. The first-order valence-corrected chi connectivity index (χ1v) is 6.29. The van der Waals surface area contributed by atoms with E-state index in [1.807, 2.05) is 14.0 Å². The lowest BCUT2D eigenvalue weighted by Crippen LogP contribution is -2.09. The van der Waals surface area contributed by atoms with Crippen LogP contribution in [0.5, 0.6) is 0 Å². The fraction of sp³-hybridized carbons (Fsp3) is 0.417. The molecule has 6 nitrogen and oxygen atoms in total. The molecule has 1 N–H and O–H groups in total. The fourth-order valence-electron chi connectivity index (χ4n) is 1.95. The predicted molar refractivity (Wildman–Crippen MR) is 70.6 cm³/mol. The number of rotatable bonds is 4. The third kappa shape index (κ3) is 2.35. The highest BCUT2D eigenvalue weighted by atomic mass is 35.5. The highest BCUT2D eigenvalue weighted by molar-refractivity contribution is 6.31. The van der Waals surface area contributed by atoms with Crippen molar-refractivity contribution in [2.75, 3.05) is 0 Å². The first-order chi connectivity index (χ1) is 8.95. The van der Waals surface area contributed by atoms with E-state index in [2.05, 4.69) is 10.2 Å². The fourth-order valence-corrected chi connectivity index (χ4v) is 2.30. The molecule has 0 aliphatic heterocycles. The Kier molecular flexibility index (Phi) is 3.61. The first-order valence-electron chi connectivity index (χ1n) is 5.91. The maximum atomic E-state index is 11.0. The van der Waals surface area contributed by atoms with Crippen LogP contribution in [0.15, 0.2) is 6.20 Å². The van der Waals surface area contributed by atoms with E-state index in [0.29, 0.717) is 17.3 Å². The summed E-state index contributed by atoms with van der Waals surface area (Å²) in [5, 5.41) is 18.0. The van der Waals surface area contributed by atoms with Gasteiger partial charge in [-0.3, -0.25) is 9.36 Å². The van der Waals surface area contributed by atoms with Gasteiger partial charge in [-0.1, -0.05) is 18.5 Å². The van der Waals surface area contributed by atoms with Gasteiger partial charge >= 0.3 is 5.97 Å². The Morgan fingerprint density at radius 3 is 2.68 bits per heavy atom. The van der Waals surface area contributed by atoms with Crippen LogP contribution in [0.4, 0.5) is 0 Å². The predicted octanol–water partition coefficient (Wildman–Crippen LogP) is 1.89. The van der Waals surface area contributed by atoms with Gasteiger partial charge in [0.05, 0.1) is 34.8 Å². The maximum Gasteiger partial charge on any atom is 0.339 e. The van der Waals surface area contributed by atoms with Gasteiger partial charge in [0.1, 0.15) is 5.56 Å². The third-order valence-corrected chi connectivity index (χ3v) is 3.57. The molecular weight excluding hydrogens is 268 g/mol. The van der Waals surface area contributed by atoms with Crippen LogP contribution < -0.4 is 0 Å². The minimum atomic E-state index is -0.978. The summed E-state index contributed by atoms with van der Waals surface area (Å²) >= 11 is 6.26. The molecule has 0 spiro atoms. The molecule has 2 aromatic rings. The van der Waals surface area contributed by atoms with E-state index in [-0.39, 0.29) is 5.56 Å². The van der Waals surface area contributed by atoms with Crippen LogP contribution in [0.2, 0.25) is 5.02 Å². The molecule has 102 valence electrons. The largest absolute Gasteiger partial charge is 0.478 e. The van der Waals surface area contributed by atoms with Crippen molar-refractivity contribution >= 4 is 17.6 Å². The molecule has 0 aromatic carbocycles. The monoisotopic (exact) mass is 282 g/mol. The van der Waals surface area contributed by atoms with Gasteiger partial charge in [-0.05, 0) is 13.3 Å². The number of halogens is 1. The number of aromatic nitrogens is 4. The van der Waals surface area contributed by atoms with E-state index in [9.17, 15) is 4.79 Å². The number of carboxylic acids is 1. The van der Waals surface area contributed by atoms with E-state index in [1.54, 1.807) is 16.3 Å². The molecule has 7 heteroatoms. The molecule has 19 heavy (non-hydrogen) atoms. The zero-order valence-electron chi connectivity index (χ0n) is 11.0. The summed E-state index contributed by atoms with van der Waals surface area (Å²) in [6.07, 6.45) is 2.10. The summed E-state index contributed by atoms with van der Waals surface area (Å²) < 4.78 is 3.33. The second-order valence-electron chi connectivity index (χ2n) is 4.29. The molecule has 0 saturated heterocycles. The Labute approximate surface area is 115 Å². The number of carboxylic acid groups (broad SMARTS) is 1. The summed E-state index contributed by atoms with van der Waals surface area (Å²) in [5.41, 5.74) is 2.46. The average Bonchev–Trinajstić information content (AvgIpc) is 2.85. The zero-order valence-corrected chi connectivity index (χ0v) is 11.8. The van der Waals surface area contributed by atoms with Crippen molar-refractivity contribution in [2.45, 2.75) is 26.8 Å². The maximum absolute atomic E-state index is 11.0. The molecule has 0 bridgehead atoms. The van der Waals surface area contributed by atoms with E-state index >= 15 is 0 Å². The third-order valence-electron chi connectivity index (χ3n) is 3.14. The van der Waals surface area contributed by atoms with Crippen molar-refractivity contribution in [3.63, 3.8) is 0 Å². The molecule has 2 rings (SSSR count). The molecule has 2 heterocycles. The molecule has 0 amide bonds. The van der Waals surface area contributed by atoms with Gasteiger partial charge in [0, 0.05) is 7.05 Å². The minimum Gasteiger partial charge on any atom is -0.478 e.